The lowest BCUT2D eigenvalue weighted by molar-refractivity contribution is 0.453. The number of fused-ring (bicyclic) bond motifs is 1. The minimum absolute atomic E-state index is 0.106. The van der Waals surface area contributed by atoms with Gasteiger partial charge in [-0.15, -0.1) is 0 Å². The maximum atomic E-state index is 10.1. The van der Waals surface area contributed by atoms with Crippen LogP contribution in [-0.4, -0.2) is 11.7 Å². The quantitative estimate of drug-likeness (QED) is 0.802. The van der Waals surface area contributed by atoms with Crippen LogP contribution in [0.5, 0.6) is 5.75 Å². The summed E-state index contributed by atoms with van der Waals surface area (Å²) in [5.74, 6) is 0.370. The van der Waals surface area contributed by atoms with Crippen molar-refractivity contribution in [2.24, 2.45) is 0 Å². The van der Waals surface area contributed by atoms with E-state index in [2.05, 4.69) is 42.6 Å². The lowest BCUT2D eigenvalue weighted by Crippen LogP contribution is -2.30. The Hall–Kier alpha value is -1.80. The number of aromatic hydroxyl groups is 1. The monoisotopic (exact) mass is 239 g/mol. The zero-order valence-corrected chi connectivity index (χ0v) is 10.5. The van der Waals surface area contributed by atoms with Crippen molar-refractivity contribution in [2.45, 2.75) is 19.4 Å². The molecule has 0 saturated carbocycles. The molecule has 1 heterocycles. The van der Waals surface area contributed by atoms with E-state index in [0.29, 0.717) is 5.75 Å². The van der Waals surface area contributed by atoms with Gasteiger partial charge in [0.05, 0.1) is 6.04 Å². The maximum absolute atomic E-state index is 10.1. The molecule has 1 atom stereocenters. The lowest BCUT2D eigenvalue weighted by atomic mass is 9.89. The van der Waals surface area contributed by atoms with Gasteiger partial charge in [-0.05, 0) is 30.5 Å². The molecular formula is C16H17NO. The highest BCUT2D eigenvalue weighted by atomic mass is 16.3. The fourth-order valence-corrected chi connectivity index (χ4v) is 2.69. The highest BCUT2D eigenvalue weighted by molar-refractivity contribution is 5.46. The Bertz CT molecular complexity index is 577. The van der Waals surface area contributed by atoms with Crippen LogP contribution in [0.4, 0.5) is 0 Å². The van der Waals surface area contributed by atoms with Crippen molar-refractivity contribution in [3.05, 3.63) is 64.7 Å². The van der Waals surface area contributed by atoms with E-state index in [1.165, 1.54) is 16.7 Å². The van der Waals surface area contributed by atoms with E-state index in [0.717, 1.165) is 18.5 Å². The molecule has 1 aliphatic rings. The van der Waals surface area contributed by atoms with Gasteiger partial charge < -0.3 is 10.4 Å². The minimum Gasteiger partial charge on any atom is -0.508 e. The average Bonchev–Trinajstić information content (AvgIpc) is 2.41. The highest BCUT2D eigenvalue weighted by Gasteiger charge is 2.22. The van der Waals surface area contributed by atoms with Crippen LogP contribution >= 0.6 is 0 Å². The molecule has 2 aromatic rings. The van der Waals surface area contributed by atoms with E-state index < -0.39 is 0 Å². The zero-order chi connectivity index (χ0) is 12.5. The molecule has 1 aliphatic heterocycles. The molecule has 0 fully saturated rings. The molecule has 0 radical (unpaired) electrons. The van der Waals surface area contributed by atoms with E-state index in [1.54, 1.807) is 6.07 Å². The third-order valence-electron chi connectivity index (χ3n) is 3.60. The summed E-state index contributed by atoms with van der Waals surface area (Å²) in [6, 6.07) is 14.4. The van der Waals surface area contributed by atoms with Crippen molar-refractivity contribution in [1.82, 2.24) is 5.32 Å². The summed E-state index contributed by atoms with van der Waals surface area (Å²) in [6.07, 6.45) is 1.05. The molecule has 18 heavy (non-hydrogen) atoms. The summed E-state index contributed by atoms with van der Waals surface area (Å²) in [6.45, 7) is 3.01. The molecule has 92 valence electrons. The molecule has 2 aromatic carbocycles. The first-order chi connectivity index (χ1) is 8.75. The van der Waals surface area contributed by atoms with Gasteiger partial charge in [-0.1, -0.05) is 42.0 Å². The first kappa shape index (κ1) is 11.3. The second kappa shape index (κ2) is 4.46. The lowest BCUT2D eigenvalue weighted by Gasteiger charge is -2.28. The number of hydrogen-bond donors (Lipinski definition) is 2. The topological polar surface area (TPSA) is 32.3 Å². The molecule has 0 aliphatic carbocycles. The first-order valence-electron chi connectivity index (χ1n) is 6.36. The van der Waals surface area contributed by atoms with Crippen molar-refractivity contribution in [3.8, 4) is 5.75 Å². The van der Waals surface area contributed by atoms with Gasteiger partial charge in [-0.25, -0.2) is 0 Å². The molecule has 3 rings (SSSR count). The fourth-order valence-electron chi connectivity index (χ4n) is 2.69. The second-order valence-electron chi connectivity index (χ2n) is 4.90. The smallest absolute Gasteiger partial charge is 0.120 e. The second-order valence-corrected chi connectivity index (χ2v) is 4.90. The van der Waals surface area contributed by atoms with E-state index in [9.17, 15) is 5.11 Å². The fraction of sp³-hybridized carbons (Fsp3) is 0.250. The van der Waals surface area contributed by atoms with Crippen LogP contribution in [-0.2, 0) is 6.42 Å². The number of nitrogens with one attached hydrogen (secondary N) is 1. The van der Waals surface area contributed by atoms with Crippen molar-refractivity contribution in [3.63, 3.8) is 0 Å². The maximum Gasteiger partial charge on any atom is 0.120 e. The van der Waals surface area contributed by atoms with Crippen LogP contribution < -0.4 is 5.32 Å². The molecule has 2 N–H and O–H groups in total. The number of aryl methyl sites for hydroxylation is 1. The summed E-state index contributed by atoms with van der Waals surface area (Å²) >= 11 is 0. The molecular weight excluding hydrogens is 222 g/mol. The third-order valence-corrected chi connectivity index (χ3v) is 3.60. The predicted molar refractivity (Wildman–Crippen MR) is 72.8 cm³/mol. The number of phenolic OH excluding ortho intramolecular Hbond substituents is 1. The van der Waals surface area contributed by atoms with Gasteiger partial charge in [0.1, 0.15) is 5.75 Å². The molecule has 0 saturated heterocycles. The normalized spacial score (nSPS) is 18.4. The molecule has 0 bridgehead atoms. The van der Waals surface area contributed by atoms with Crippen LogP contribution in [0.2, 0.25) is 0 Å². The Morgan fingerprint density at radius 2 is 1.94 bits per heavy atom. The molecule has 0 aromatic heterocycles. The molecule has 1 unspecified atom stereocenters. The van der Waals surface area contributed by atoms with Gasteiger partial charge in [-0.2, -0.15) is 0 Å². The molecule has 0 amide bonds. The van der Waals surface area contributed by atoms with Crippen molar-refractivity contribution in [1.29, 1.82) is 0 Å². The van der Waals surface area contributed by atoms with Crippen molar-refractivity contribution in [2.75, 3.05) is 6.54 Å². The Kier molecular flexibility index (Phi) is 2.80. The number of phenols is 1. The number of hydrogen-bond acceptors (Lipinski definition) is 2. The first-order valence-corrected chi connectivity index (χ1v) is 6.36. The largest absolute Gasteiger partial charge is 0.508 e. The SMILES string of the molecule is Cc1ccc(O)c(C2NCCc3ccccc32)c1. The Labute approximate surface area is 107 Å². The number of benzene rings is 2. The Morgan fingerprint density at radius 3 is 2.83 bits per heavy atom. The van der Waals surface area contributed by atoms with E-state index in [1.807, 2.05) is 6.07 Å². The van der Waals surface area contributed by atoms with E-state index >= 15 is 0 Å². The molecule has 2 nitrogen and oxygen atoms in total. The van der Waals surface area contributed by atoms with Crippen LogP contribution in [0, 0.1) is 6.92 Å². The summed E-state index contributed by atoms with van der Waals surface area (Å²) in [5.41, 5.74) is 4.81. The minimum atomic E-state index is 0.106. The van der Waals surface area contributed by atoms with Gasteiger partial charge in [-0.3, -0.25) is 0 Å². The summed E-state index contributed by atoms with van der Waals surface area (Å²) in [4.78, 5) is 0. The summed E-state index contributed by atoms with van der Waals surface area (Å²) in [7, 11) is 0. The van der Waals surface area contributed by atoms with Gasteiger partial charge in [0, 0.05) is 12.1 Å². The standard InChI is InChI=1S/C16H17NO/c1-11-6-7-15(18)14(10-11)16-13-5-3-2-4-12(13)8-9-17-16/h2-7,10,16-18H,8-9H2,1H3. The average molecular weight is 239 g/mol. The van der Waals surface area contributed by atoms with Gasteiger partial charge >= 0.3 is 0 Å². The predicted octanol–water partition coefficient (Wildman–Crippen LogP) is 2.94. The number of rotatable bonds is 1. The molecule has 2 heteroatoms. The van der Waals surface area contributed by atoms with E-state index in [-0.39, 0.29) is 6.04 Å². The van der Waals surface area contributed by atoms with Crippen LogP contribution in [0.3, 0.4) is 0 Å². The van der Waals surface area contributed by atoms with E-state index in [4.69, 9.17) is 0 Å². The highest BCUT2D eigenvalue weighted by Crippen LogP contribution is 2.33. The Morgan fingerprint density at radius 1 is 1.11 bits per heavy atom. The van der Waals surface area contributed by atoms with Crippen LogP contribution in [0.25, 0.3) is 0 Å². The molecule has 0 spiro atoms. The van der Waals surface area contributed by atoms with Crippen LogP contribution in [0.15, 0.2) is 42.5 Å². The van der Waals surface area contributed by atoms with Gasteiger partial charge in [0.2, 0.25) is 0 Å². The van der Waals surface area contributed by atoms with Gasteiger partial charge in [0.25, 0.3) is 0 Å². The third kappa shape index (κ3) is 1.89. The summed E-state index contributed by atoms with van der Waals surface area (Å²) < 4.78 is 0. The van der Waals surface area contributed by atoms with Crippen molar-refractivity contribution >= 4 is 0 Å². The van der Waals surface area contributed by atoms with Gasteiger partial charge in [0.15, 0.2) is 0 Å². The zero-order valence-electron chi connectivity index (χ0n) is 10.5. The summed E-state index contributed by atoms with van der Waals surface area (Å²) in [5, 5.41) is 13.6. The Balaban J connectivity index is 2.11. The van der Waals surface area contributed by atoms with Crippen molar-refractivity contribution < 1.29 is 5.11 Å². The van der Waals surface area contributed by atoms with Crippen LogP contribution in [0.1, 0.15) is 28.3 Å².